The van der Waals surface area contributed by atoms with Crippen molar-refractivity contribution >= 4 is 23.8 Å². The van der Waals surface area contributed by atoms with Crippen LogP contribution in [0.4, 0.5) is 0 Å². The molecule has 1 heterocycles. The van der Waals surface area contributed by atoms with Gasteiger partial charge in [-0.2, -0.15) is 0 Å². The Bertz CT molecular complexity index is 751. The number of esters is 2. The molecule has 0 spiro atoms. The molecule has 0 aromatic carbocycles. The molecule has 0 bridgehead atoms. The molecular weight excluding hydrogens is 354 g/mol. The van der Waals surface area contributed by atoms with Gasteiger partial charge in [-0.3, -0.25) is 9.59 Å². The van der Waals surface area contributed by atoms with Crippen LogP contribution in [-0.2, 0) is 19.1 Å². The average molecular weight is 379 g/mol. The lowest BCUT2D eigenvalue weighted by Gasteiger charge is -2.16. The Labute approximate surface area is 157 Å². The minimum atomic E-state index is -0.721. The third kappa shape index (κ3) is 5.32. The predicted molar refractivity (Wildman–Crippen MR) is 95.3 cm³/mol. The van der Waals surface area contributed by atoms with Crippen molar-refractivity contribution in [2.45, 2.75) is 39.7 Å². The van der Waals surface area contributed by atoms with E-state index < -0.39 is 24.5 Å². The number of nitrogens with zero attached hydrogens (tertiary/aromatic N) is 1. The van der Waals surface area contributed by atoms with Crippen LogP contribution in [0.2, 0.25) is 0 Å². The zero-order chi connectivity index (χ0) is 20.1. The first kappa shape index (κ1) is 20.5. The summed E-state index contributed by atoms with van der Waals surface area (Å²) in [6, 6.07) is 0.215. The lowest BCUT2D eigenvalue weighted by atomic mass is 10.1. The summed E-state index contributed by atoms with van der Waals surface area (Å²) in [4.78, 5) is 52.0. The minimum absolute atomic E-state index is 0.0951. The van der Waals surface area contributed by atoms with Gasteiger partial charge in [-0.15, -0.1) is 0 Å². The van der Waals surface area contributed by atoms with Crippen LogP contribution in [0.3, 0.4) is 0 Å². The number of aromatic nitrogens is 1. The van der Waals surface area contributed by atoms with Crippen molar-refractivity contribution in [2.75, 3.05) is 26.8 Å². The summed E-state index contributed by atoms with van der Waals surface area (Å²) < 4.78 is 10.0. The Kier molecular flexibility index (Phi) is 6.59. The maximum absolute atomic E-state index is 12.3. The number of rotatable bonds is 8. The van der Waals surface area contributed by atoms with E-state index in [-0.39, 0.29) is 36.4 Å². The lowest BCUT2D eigenvalue weighted by molar-refractivity contribution is -0.137. The minimum Gasteiger partial charge on any atom is -0.461 e. The van der Waals surface area contributed by atoms with E-state index in [4.69, 9.17) is 9.47 Å². The topological polar surface area (TPSA) is 118 Å². The molecule has 2 amide bonds. The van der Waals surface area contributed by atoms with Gasteiger partial charge >= 0.3 is 11.9 Å². The number of hydrogen-bond donors (Lipinski definition) is 2. The van der Waals surface area contributed by atoms with Gasteiger partial charge in [0.15, 0.2) is 6.61 Å². The fourth-order valence-corrected chi connectivity index (χ4v) is 2.58. The van der Waals surface area contributed by atoms with E-state index in [1.54, 1.807) is 20.8 Å². The molecule has 1 saturated carbocycles. The van der Waals surface area contributed by atoms with Crippen molar-refractivity contribution in [3.8, 4) is 0 Å². The molecular formula is C18H25N3O6. The Morgan fingerprint density at radius 2 is 1.81 bits per heavy atom. The molecule has 0 aliphatic heterocycles. The maximum Gasteiger partial charge on any atom is 0.355 e. The van der Waals surface area contributed by atoms with Crippen molar-refractivity contribution < 1.29 is 28.7 Å². The van der Waals surface area contributed by atoms with Crippen LogP contribution in [0.5, 0.6) is 0 Å². The van der Waals surface area contributed by atoms with E-state index in [0.717, 1.165) is 12.8 Å². The summed E-state index contributed by atoms with van der Waals surface area (Å²) in [5.41, 5.74) is 1.23. The third-order valence-electron chi connectivity index (χ3n) is 4.20. The normalized spacial score (nSPS) is 13.0. The van der Waals surface area contributed by atoms with Gasteiger partial charge in [0.25, 0.3) is 5.91 Å². The fourth-order valence-electron chi connectivity index (χ4n) is 2.58. The molecule has 2 rings (SSSR count). The van der Waals surface area contributed by atoms with E-state index in [1.807, 2.05) is 0 Å². The number of ether oxygens (including phenoxy) is 2. The molecule has 1 aromatic heterocycles. The number of aryl methyl sites for hydroxylation is 1. The Morgan fingerprint density at radius 3 is 2.41 bits per heavy atom. The SMILES string of the molecule is CCOC(=O)c1[nH]c(C)c(C(=O)OCC(=O)N(C)CC(=O)NC2CC2)c1C. The highest BCUT2D eigenvalue weighted by molar-refractivity contribution is 5.99. The summed E-state index contributed by atoms with van der Waals surface area (Å²) in [6.45, 7) is 4.54. The fraction of sp³-hybridized carbons (Fsp3) is 0.556. The van der Waals surface area contributed by atoms with Crippen LogP contribution in [-0.4, -0.2) is 66.5 Å². The highest BCUT2D eigenvalue weighted by Crippen LogP contribution is 2.20. The van der Waals surface area contributed by atoms with Gasteiger partial charge in [-0.25, -0.2) is 9.59 Å². The number of hydrogen-bond acceptors (Lipinski definition) is 6. The Morgan fingerprint density at radius 1 is 1.15 bits per heavy atom. The van der Waals surface area contributed by atoms with E-state index in [1.165, 1.54) is 11.9 Å². The molecule has 2 N–H and O–H groups in total. The molecule has 1 fully saturated rings. The van der Waals surface area contributed by atoms with Crippen LogP contribution in [0.15, 0.2) is 0 Å². The Balaban J connectivity index is 1.91. The highest BCUT2D eigenvalue weighted by atomic mass is 16.5. The molecule has 9 nitrogen and oxygen atoms in total. The number of carbonyl (C=O) groups is 4. The van der Waals surface area contributed by atoms with Crippen molar-refractivity contribution in [1.82, 2.24) is 15.2 Å². The van der Waals surface area contributed by atoms with Crippen LogP contribution >= 0.6 is 0 Å². The maximum atomic E-state index is 12.3. The van der Waals surface area contributed by atoms with Crippen LogP contribution in [0, 0.1) is 13.8 Å². The molecule has 0 atom stereocenters. The van der Waals surface area contributed by atoms with Gasteiger partial charge in [0.1, 0.15) is 5.69 Å². The highest BCUT2D eigenvalue weighted by Gasteiger charge is 2.26. The number of carbonyl (C=O) groups excluding carboxylic acids is 4. The number of H-pyrrole nitrogens is 1. The smallest absolute Gasteiger partial charge is 0.355 e. The van der Waals surface area contributed by atoms with Gasteiger partial charge in [0.05, 0.1) is 18.7 Å². The first-order chi connectivity index (χ1) is 12.7. The van der Waals surface area contributed by atoms with Gasteiger partial charge in [-0.1, -0.05) is 0 Å². The number of likely N-dealkylation sites (N-methyl/N-ethyl adjacent to an activating group) is 1. The number of nitrogens with one attached hydrogen (secondary N) is 2. The summed E-state index contributed by atoms with van der Waals surface area (Å²) in [6.07, 6.45) is 1.92. The Hall–Kier alpha value is -2.84. The first-order valence-electron chi connectivity index (χ1n) is 8.81. The zero-order valence-corrected chi connectivity index (χ0v) is 16.0. The summed E-state index contributed by atoms with van der Waals surface area (Å²) in [5, 5.41) is 2.78. The zero-order valence-electron chi connectivity index (χ0n) is 16.0. The molecule has 27 heavy (non-hydrogen) atoms. The van der Waals surface area contributed by atoms with Crippen molar-refractivity contribution in [2.24, 2.45) is 0 Å². The molecule has 0 unspecified atom stereocenters. The second kappa shape index (κ2) is 8.70. The van der Waals surface area contributed by atoms with Crippen LogP contribution < -0.4 is 5.32 Å². The molecule has 148 valence electrons. The van der Waals surface area contributed by atoms with Gasteiger partial charge in [0, 0.05) is 18.8 Å². The van der Waals surface area contributed by atoms with E-state index >= 15 is 0 Å². The van der Waals surface area contributed by atoms with E-state index in [0.29, 0.717) is 11.3 Å². The van der Waals surface area contributed by atoms with Gasteiger partial charge < -0.3 is 24.7 Å². The average Bonchev–Trinajstić information content (AvgIpc) is 3.35. The molecule has 1 aliphatic rings. The number of aromatic amines is 1. The standard InChI is InChI=1S/C18H25N3O6/c1-5-26-18(25)16-10(2)15(11(3)19-16)17(24)27-9-14(23)21(4)8-13(22)20-12-6-7-12/h12,19H,5-9H2,1-4H3,(H,20,22). The monoisotopic (exact) mass is 379 g/mol. The van der Waals surface area contributed by atoms with Crippen molar-refractivity contribution in [1.29, 1.82) is 0 Å². The van der Waals surface area contributed by atoms with Crippen molar-refractivity contribution in [3.63, 3.8) is 0 Å². The summed E-state index contributed by atoms with van der Waals surface area (Å²) in [7, 11) is 1.47. The molecule has 1 aliphatic carbocycles. The van der Waals surface area contributed by atoms with E-state index in [2.05, 4.69) is 10.3 Å². The quantitative estimate of drug-likeness (QED) is 0.642. The summed E-state index contributed by atoms with van der Waals surface area (Å²) in [5.74, 6) is -2.02. The molecule has 0 saturated heterocycles. The second-order valence-corrected chi connectivity index (χ2v) is 6.51. The van der Waals surface area contributed by atoms with Crippen LogP contribution in [0.25, 0.3) is 0 Å². The first-order valence-corrected chi connectivity index (χ1v) is 8.81. The summed E-state index contributed by atoms with van der Waals surface area (Å²) >= 11 is 0. The molecule has 1 aromatic rings. The van der Waals surface area contributed by atoms with E-state index in [9.17, 15) is 19.2 Å². The largest absolute Gasteiger partial charge is 0.461 e. The molecule has 0 radical (unpaired) electrons. The van der Waals surface area contributed by atoms with Gasteiger partial charge in [-0.05, 0) is 39.2 Å². The van der Waals surface area contributed by atoms with Crippen LogP contribution in [0.1, 0.15) is 51.9 Å². The lowest BCUT2D eigenvalue weighted by Crippen LogP contribution is -2.40. The third-order valence-corrected chi connectivity index (χ3v) is 4.20. The predicted octanol–water partition coefficient (Wildman–Crippen LogP) is 0.702. The van der Waals surface area contributed by atoms with Crippen molar-refractivity contribution in [3.05, 3.63) is 22.5 Å². The van der Waals surface area contributed by atoms with Gasteiger partial charge in [0.2, 0.25) is 5.91 Å². The second-order valence-electron chi connectivity index (χ2n) is 6.51. The number of amides is 2. The molecule has 9 heteroatoms.